The van der Waals surface area contributed by atoms with Crippen LogP contribution in [0.2, 0.25) is 0 Å². The SMILES string of the molecule is CCCCCCCCCCCCCCCCCCCCCCCCCCCCCCC(=O)NC(COP(=O)([O-])OCC[N+](C)(C)C)C(O)CCCCCCCCCCCCC. The molecule has 0 aliphatic heterocycles. The Morgan fingerprint density at radius 2 is 0.803 bits per heavy atom. The minimum absolute atomic E-state index is 0.0161. The van der Waals surface area contributed by atoms with Gasteiger partial charge in [-0.05, 0) is 12.8 Å². The van der Waals surface area contributed by atoms with E-state index in [9.17, 15) is 19.4 Å². The Morgan fingerprint density at radius 3 is 1.11 bits per heavy atom. The monoisotopic (exact) mass is 887 g/mol. The highest BCUT2D eigenvalue weighted by molar-refractivity contribution is 7.45. The minimum atomic E-state index is -4.56. The number of aliphatic hydroxyl groups excluding tert-OH is 1. The lowest BCUT2D eigenvalue weighted by molar-refractivity contribution is -0.870. The average Bonchev–Trinajstić information content (AvgIpc) is 3.21. The summed E-state index contributed by atoms with van der Waals surface area (Å²) in [6.07, 6.45) is 51.4. The predicted octanol–water partition coefficient (Wildman–Crippen LogP) is 15.1. The van der Waals surface area contributed by atoms with Crippen molar-refractivity contribution >= 4 is 13.7 Å². The summed E-state index contributed by atoms with van der Waals surface area (Å²) >= 11 is 0. The Bertz CT molecular complexity index is 963. The quantitative estimate of drug-likeness (QED) is 0.0358. The van der Waals surface area contributed by atoms with E-state index in [1.54, 1.807) is 0 Å². The number of quaternary nitrogens is 1. The van der Waals surface area contributed by atoms with Crippen LogP contribution < -0.4 is 10.2 Å². The van der Waals surface area contributed by atoms with Crippen LogP contribution in [0.1, 0.15) is 277 Å². The zero-order valence-electron chi connectivity index (χ0n) is 41.7. The number of nitrogens with one attached hydrogen (secondary N) is 1. The van der Waals surface area contributed by atoms with E-state index in [1.807, 2.05) is 21.1 Å². The molecule has 0 spiro atoms. The molecule has 0 heterocycles. The highest BCUT2D eigenvalue weighted by Crippen LogP contribution is 2.38. The van der Waals surface area contributed by atoms with Crippen LogP contribution in [-0.2, 0) is 18.4 Å². The fraction of sp³-hybridized carbons (Fsp3) is 0.981. The van der Waals surface area contributed by atoms with Gasteiger partial charge in [-0.1, -0.05) is 258 Å². The molecule has 0 bridgehead atoms. The number of unbranched alkanes of at least 4 members (excludes halogenated alkanes) is 37. The molecule has 3 atom stereocenters. The van der Waals surface area contributed by atoms with Gasteiger partial charge in [0.2, 0.25) is 5.91 Å². The highest BCUT2D eigenvalue weighted by Gasteiger charge is 2.24. The summed E-state index contributed by atoms with van der Waals surface area (Å²) in [6, 6.07) is -0.793. The zero-order chi connectivity index (χ0) is 45.0. The van der Waals surface area contributed by atoms with E-state index in [0.717, 1.165) is 38.5 Å². The first-order valence-corrected chi connectivity index (χ1v) is 28.3. The van der Waals surface area contributed by atoms with Crippen LogP contribution in [0.5, 0.6) is 0 Å². The second-order valence-electron chi connectivity index (χ2n) is 20.0. The molecule has 61 heavy (non-hydrogen) atoms. The van der Waals surface area contributed by atoms with Gasteiger partial charge in [0.15, 0.2) is 0 Å². The number of hydrogen-bond acceptors (Lipinski definition) is 6. The van der Waals surface area contributed by atoms with Crippen LogP contribution in [0.4, 0.5) is 0 Å². The van der Waals surface area contributed by atoms with Crippen molar-refractivity contribution in [1.82, 2.24) is 5.32 Å². The van der Waals surface area contributed by atoms with Crippen molar-refractivity contribution < 1.29 is 32.9 Å². The van der Waals surface area contributed by atoms with E-state index in [-0.39, 0.29) is 19.1 Å². The normalized spacial score (nSPS) is 14.0. The average molecular weight is 887 g/mol. The van der Waals surface area contributed by atoms with E-state index in [0.29, 0.717) is 23.9 Å². The molecule has 0 rings (SSSR count). The van der Waals surface area contributed by atoms with Gasteiger partial charge in [0.25, 0.3) is 7.82 Å². The number of hydrogen-bond donors (Lipinski definition) is 2. The maximum absolute atomic E-state index is 12.9. The highest BCUT2D eigenvalue weighted by atomic mass is 31.2. The fourth-order valence-electron chi connectivity index (χ4n) is 8.34. The summed E-state index contributed by atoms with van der Waals surface area (Å²) in [7, 11) is 1.32. The molecule has 0 aromatic rings. The summed E-state index contributed by atoms with van der Waals surface area (Å²) in [5.74, 6) is -0.159. The molecule has 0 aromatic heterocycles. The Labute approximate surface area is 380 Å². The zero-order valence-corrected chi connectivity index (χ0v) is 42.5. The lowest BCUT2D eigenvalue weighted by Crippen LogP contribution is -2.46. The third-order valence-corrected chi connectivity index (χ3v) is 13.6. The van der Waals surface area contributed by atoms with Gasteiger partial charge in [0, 0.05) is 6.42 Å². The number of likely N-dealkylation sites (N-methyl/N-ethyl adjacent to an activating group) is 1. The minimum Gasteiger partial charge on any atom is -0.756 e. The molecule has 0 saturated heterocycles. The lowest BCUT2D eigenvalue weighted by atomic mass is 10.0. The predicted molar refractivity (Wildman–Crippen MR) is 261 cm³/mol. The standard InChI is InChI=1S/C52H107N2O6P/c1-6-8-10-12-14-16-18-19-20-21-22-23-24-25-26-27-28-29-30-31-32-33-34-36-38-40-42-44-46-52(56)53-50(49-60-61(57,58)59-48-47-54(3,4)5)51(55)45-43-41-39-37-35-17-15-13-11-9-7-2/h50-51,55H,6-49H2,1-5H3,(H-,53,56,57,58). The van der Waals surface area contributed by atoms with E-state index in [2.05, 4.69) is 19.2 Å². The second kappa shape index (κ2) is 44.7. The molecule has 8 nitrogen and oxygen atoms in total. The number of carbonyl (C=O) groups excluding carboxylic acids is 1. The number of phosphoric ester groups is 1. The lowest BCUT2D eigenvalue weighted by Gasteiger charge is -2.30. The van der Waals surface area contributed by atoms with Gasteiger partial charge >= 0.3 is 0 Å². The van der Waals surface area contributed by atoms with Crippen molar-refractivity contribution in [3.05, 3.63) is 0 Å². The van der Waals surface area contributed by atoms with Crippen LogP contribution in [0.3, 0.4) is 0 Å². The smallest absolute Gasteiger partial charge is 0.268 e. The van der Waals surface area contributed by atoms with Crippen LogP contribution in [0.15, 0.2) is 0 Å². The summed E-state index contributed by atoms with van der Waals surface area (Å²) in [5.41, 5.74) is 0. The van der Waals surface area contributed by atoms with Gasteiger partial charge < -0.3 is 28.8 Å². The number of nitrogens with zero attached hydrogens (tertiary/aromatic N) is 1. The Balaban J connectivity index is 3.99. The third-order valence-electron chi connectivity index (χ3n) is 12.6. The number of phosphoric acid groups is 1. The first kappa shape index (κ1) is 60.5. The van der Waals surface area contributed by atoms with Crippen LogP contribution >= 0.6 is 7.82 Å². The molecule has 9 heteroatoms. The van der Waals surface area contributed by atoms with Gasteiger partial charge in [-0.3, -0.25) is 9.36 Å². The van der Waals surface area contributed by atoms with Crippen LogP contribution in [-0.4, -0.2) is 68.5 Å². The van der Waals surface area contributed by atoms with E-state index < -0.39 is 20.0 Å². The maximum atomic E-state index is 12.9. The molecule has 0 aromatic carbocycles. The van der Waals surface area contributed by atoms with Crippen molar-refractivity contribution in [3.8, 4) is 0 Å². The molecule has 366 valence electrons. The molecule has 0 aliphatic carbocycles. The van der Waals surface area contributed by atoms with Crippen LogP contribution in [0, 0.1) is 0 Å². The molecular weight excluding hydrogens is 780 g/mol. The van der Waals surface area contributed by atoms with Crippen molar-refractivity contribution in [1.29, 1.82) is 0 Å². The van der Waals surface area contributed by atoms with Crippen molar-refractivity contribution in [2.24, 2.45) is 0 Å². The van der Waals surface area contributed by atoms with Gasteiger partial charge in [-0.2, -0.15) is 0 Å². The Morgan fingerprint density at radius 1 is 0.508 bits per heavy atom. The number of aliphatic hydroxyl groups is 1. The van der Waals surface area contributed by atoms with Gasteiger partial charge in [-0.15, -0.1) is 0 Å². The molecule has 0 aliphatic rings. The van der Waals surface area contributed by atoms with Crippen molar-refractivity contribution in [2.45, 2.75) is 289 Å². The molecule has 0 saturated carbocycles. The third kappa shape index (κ3) is 47.3. The Hall–Kier alpha value is -0.500. The number of rotatable bonds is 50. The molecule has 0 fully saturated rings. The van der Waals surface area contributed by atoms with E-state index >= 15 is 0 Å². The summed E-state index contributed by atoms with van der Waals surface area (Å²) < 4.78 is 23.3. The molecule has 0 radical (unpaired) electrons. The maximum Gasteiger partial charge on any atom is 0.268 e. The van der Waals surface area contributed by atoms with Gasteiger partial charge in [0.1, 0.15) is 13.2 Å². The first-order valence-electron chi connectivity index (χ1n) is 26.9. The summed E-state index contributed by atoms with van der Waals surface area (Å²) in [6.45, 7) is 4.75. The molecular formula is C52H107N2O6P. The van der Waals surface area contributed by atoms with Crippen molar-refractivity contribution in [3.63, 3.8) is 0 Å². The first-order chi connectivity index (χ1) is 29.5. The molecule has 3 unspecified atom stereocenters. The van der Waals surface area contributed by atoms with Crippen molar-refractivity contribution in [2.75, 3.05) is 40.9 Å². The number of carbonyl (C=O) groups is 1. The summed E-state index contributed by atoms with van der Waals surface area (Å²) in [4.78, 5) is 25.4. The van der Waals surface area contributed by atoms with Gasteiger partial charge in [-0.25, -0.2) is 0 Å². The fourth-order valence-corrected chi connectivity index (χ4v) is 9.06. The van der Waals surface area contributed by atoms with Gasteiger partial charge in [0.05, 0.1) is 39.9 Å². The van der Waals surface area contributed by atoms with Crippen LogP contribution in [0.25, 0.3) is 0 Å². The largest absolute Gasteiger partial charge is 0.756 e. The second-order valence-corrected chi connectivity index (χ2v) is 21.4. The van der Waals surface area contributed by atoms with E-state index in [4.69, 9.17) is 9.05 Å². The van der Waals surface area contributed by atoms with E-state index in [1.165, 1.54) is 212 Å². The topological polar surface area (TPSA) is 108 Å². The molecule has 1 amide bonds. The Kier molecular flexibility index (Phi) is 44.3. The number of amides is 1. The summed E-state index contributed by atoms with van der Waals surface area (Å²) in [5, 5.41) is 13.9. The molecule has 2 N–H and O–H groups in total.